The van der Waals surface area contributed by atoms with Gasteiger partial charge in [0.05, 0.1) is 0 Å². The number of nitrogens with zero attached hydrogens (tertiary/aromatic N) is 3. The average molecular weight is 594 g/mol. The Kier molecular flexibility index (Phi) is 8.14. The maximum absolute atomic E-state index is 5.46. The van der Waals surface area contributed by atoms with Crippen LogP contribution < -0.4 is 4.90 Å². The zero-order valence-electron chi connectivity index (χ0n) is 25.2. The molecule has 1 aliphatic rings. The molecule has 4 heteroatoms. The summed E-state index contributed by atoms with van der Waals surface area (Å²) in [6, 6.07) is 39.1. The fourth-order valence-corrected chi connectivity index (χ4v) is 5.72. The molecule has 1 atom stereocenters. The third-order valence-corrected chi connectivity index (χ3v) is 7.98. The van der Waals surface area contributed by atoms with E-state index in [2.05, 4.69) is 124 Å². The van der Waals surface area contributed by atoms with Crippen molar-refractivity contribution < 1.29 is 16.5 Å². The van der Waals surface area contributed by atoms with Crippen molar-refractivity contribution in [2.75, 3.05) is 11.4 Å². The molecule has 0 saturated heterocycles. The minimum atomic E-state index is -0.0757. The van der Waals surface area contributed by atoms with E-state index in [1.807, 2.05) is 36.5 Å². The van der Waals surface area contributed by atoms with Crippen LogP contribution in [0.25, 0.3) is 22.5 Å². The van der Waals surface area contributed by atoms with E-state index in [9.17, 15) is 0 Å². The van der Waals surface area contributed by atoms with Gasteiger partial charge in [-0.2, -0.15) is 24.3 Å². The third-order valence-electron chi connectivity index (χ3n) is 7.98. The van der Waals surface area contributed by atoms with Gasteiger partial charge in [-0.25, -0.2) is 0 Å². The van der Waals surface area contributed by atoms with E-state index < -0.39 is 0 Å². The number of benzene rings is 3. The Bertz CT molecular complexity index is 1680. The summed E-state index contributed by atoms with van der Waals surface area (Å²) in [6.07, 6.45) is 1.83. The van der Waals surface area contributed by atoms with Gasteiger partial charge in [-0.15, -0.1) is 30.3 Å². The molecule has 6 rings (SSSR count). The predicted molar refractivity (Wildman–Crippen MR) is 170 cm³/mol. The number of hydrogen-bond acceptors (Lipinski definition) is 3. The van der Waals surface area contributed by atoms with Crippen molar-refractivity contribution in [2.45, 2.75) is 58.3 Å². The summed E-state index contributed by atoms with van der Waals surface area (Å²) in [6.45, 7) is 14.4. The van der Waals surface area contributed by atoms with E-state index in [0.717, 1.165) is 40.4 Å². The van der Waals surface area contributed by atoms with E-state index in [0.29, 0.717) is 0 Å². The molecule has 214 valence electrons. The third kappa shape index (κ3) is 5.78. The van der Waals surface area contributed by atoms with Gasteiger partial charge < -0.3 is 4.90 Å². The van der Waals surface area contributed by atoms with Gasteiger partial charge in [-0.3, -0.25) is 9.97 Å². The molecular weight excluding hydrogens is 557 g/mol. The van der Waals surface area contributed by atoms with Crippen LogP contribution in [0.3, 0.4) is 0 Å². The molecule has 1 aliphatic heterocycles. The number of pyridine rings is 2. The minimum Gasteiger partial charge on any atom is -0.364 e. The van der Waals surface area contributed by atoms with Crippen LogP contribution in [0.2, 0.25) is 0 Å². The normalized spacial score (nSPS) is 14.8. The van der Waals surface area contributed by atoms with Gasteiger partial charge in [0.15, 0.2) is 0 Å². The van der Waals surface area contributed by atoms with Crippen molar-refractivity contribution in [3.05, 3.63) is 132 Å². The molecular formula is C38H37N3Ni. The van der Waals surface area contributed by atoms with E-state index >= 15 is 0 Å². The van der Waals surface area contributed by atoms with E-state index in [-0.39, 0.29) is 33.2 Å². The molecule has 3 aromatic carbocycles. The Hall–Kier alpha value is -3.75. The van der Waals surface area contributed by atoms with Crippen LogP contribution in [0, 0.1) is 12.1 Å². The van der Waals surface area contributed by atoms with Gasteiger partial charge >= 0.3 is 16.5 Å². The summed E-state index contributed by atoms with van der Waals surface area (Å²) >= 11 is 0. The Balaban J connectivity index is 0.00000353. The van der Waals surface area contributed by atoms with Gasteiger partial charge in [0.2, 0.25) is 0 Å². The van der Waals surface area contributed by atoms with Crippen molar-refractivity contribution in [1.29, 1.82) is 0 Å². The van der Waals surface area contributed by atoms with Gasteiger partial charge in [0.1, 0.15) is 0 Å². The first kappa shape index (κ1) is 29.7. The standard InChI is InChI=1S/C38H37N3.Ni/c1-37(2,3)28-18-21-35-30(24-28)31(25-41(35)29-15-8-7-9-16-29)34-20-19-32(38(4,5)6)36(40-34)27-14-12-13-26(23-27)33-17-10-11-22-39-33;/h7-15,17-22,24,31H,25H2,1-6H3;/q-2;+2. The van der Waals surface area contributed by atoms with Crippen LogP contribution in [0.15, 0.2) is 97.2 Å². The first-order valence-corrected chi connectivity index (χ1v) is 14.4. The Morgan fingerprint density at radius 1 is 0.786 bits per heavy atom. The zero-order valence-corrected chi connectivity index (χ0v) is 26.2. The number of para-hydroxylation sites is 1. The van der Waals surface area contributed by atoms with Crippen molar-refractivity contribution in [3.8, 4) is 22.5 Å². The van der Waals surface area contributed by atoms with Crippen LogP contribution in [0.1, 0.15) is 69.8 Å². The molecule has 0 N–H and O–H groups in total. The number of rotatable bonds is 4. The molecule has 0 bridgehead atoms. The van der Waals surface area contributed by atoms with Crippen LogP contribution in [0.4, 0.5) is 11.4 Å². The molecule has 5 aromatic rings. The second-order valence-electron chi connectivity index (χ2n) is 13.0. The summed E-state index contributed by atoms with van der Waals surface area (Å²) in [7, 11) is 0. The molecule has 1 unspecified atom stereocenters. The topological polar surface area (TPSA) is 29.0 Å². The summed E-state index contributed by atoms with van der Waals surface area (Å²) in [5, 5.41) is 0. The molecule has 0 saturated carbocycles. The van der Waals surface area contributed by atoms with Gasteiger partial charge in [0.25, 0.3) is 0 Å². The maximum Gasteiger partial charge on any atom is 2.00 e. The van der Waals surface area contributed by atoms with Gasteiger partial charge in [-0.1, -0.05) is 94.3 Å². The minimum absolute atomic E-state index is 0. The fourth-order valence-electron chi connectivity index (χ4n) is 5.72. The average Bonchev–Trinajstić information content (AvgIpc) is 3.36. The molecule has 0 spiro atoms. The number of fused-ring (bicyclic) bond motifs is 1. The van der Waals surface area contributed by atoms with Crippen molar-refractivity contribution in [3.63, 3.8) is 0 Å². The quantitative estimate of drug-likeness (QED) is 0.153. The second kappa shape index (κ2) is 11.5. The van der Waals surface area contributed by atoms with Crippen LogP contribution in [-0.2, 0) is 27.3 Å². The SMILES string of the molecule is CC(C)(C)c1ccc2c(c1)C(c1ccc(C(C)(C)C)c(-c3[c-]c(-c4ccccn4)ccc3)n1)CN2c1[c-]cccc1.[Ni+2]. The largest absolute Gasteiger partial charge is 2.00 e. The van der Waals surface area contributed by atoms with Crippen LogP contribution >= 0.6 is 0 Å². The Morgan fingerprint density at radius 2 is 1.57 bits per heavy atom. The van der Waals surface area contributed by atoms with E-state index in [1.165, 1.54) is 22.4 Å². The summed E-state index contributed by atoms with van der Waals surface area (Å²) < 4.78 is 0. The second-order valence-corrected chi connectivity index (χ2v) is 13.0. The number of hydrogen-bond donors (Lipinski definition) is 0. The smallest absolute Gasteiger partial charge is 0.364 e. The Morgan fingerprint density at radius 3 is 2.26 bits per heavy atom. The summed E-state index contributed by atoms with van der Waals surface area (Å²) in [4.78, 5) is 12.4. The zero-order chi connectivity index (χ0) is 28.8. The molecule has 0 radical (unpaired) electrons. The molecule has 42 heavy (non-hydrogen) atoms. The molecule has 0 fully saturated rings. The molecule has 3 nitrogen and oxygen atoms in total. The number of anilines is 2. The summed E-state index contributed by atoms with van der Waals surface area (Å²) in [5.74, 6) is 0.132. The predicted octanol–water partition coefficient (Wildman–Crippen LogP) is 9.29. The van der Waals surface area contributed by atoms with Crippen molar-refractivity contribution in [2.24, 2.45) is 0 Å². The molecule has 3 heterocycles. The molecule has 2 aromatic heterocycles. The van der Waals surface area contributed by atoms with E-state index in [1.54, 1.807) is 0 Å². The maximum atomic E-state index is 5.46. The van der Waals surface area contributed by atoms with Gasteiger partial charge in [0, 0.05) is 41.4 Å². The molecule has 0 aliphatic carbocycles. The number of aromatic nitrogens is 2. The van der Waals surface area contributed by atoms with Crippen LogP contribution in [0.5, 0.6) is 0 Å². The van der Waals surface area contributed by atoms with Crippen molar-refractivity contribution in [1.82, 2.24) is 9.97 Å². The van der Waals surface area contributed by atoms with Crippen molar-refractivity contribution >= 4 is 11.4 Å². The monoisotopic (exact) mass is 593 g/mol. The summed E-state index contributed by atoms with van der Waals surface area (Å²) in [5.41, 5.74) is 11.1. The van der Waals surface area contributed by atoms with Crippen LogP contribution in [-0.4, -0.2) is 16.5 Å². The fraction of sp³-hybridized carbons (Fsp3) is 0.263. The van der Waals surface area contributed by atoms with E-state index in [4.69, 9.17) is 4.98 Å². The molecule has 0 amide bonds. The first-order chi connectivity index (χ1) is 19.6. The Labute approximate surface area is 261 Å². The first-order valence-electron chi connectivity index (χ1n) is 14.4. The van der Waals surface area contributed by atoms with Gasteiger partial charge in [-0.05, 0) is 40.2 Å².